The molecule has 0 aromatic carbocycles. The SMILES string of the molecule is Cl.Cl.O=c1cc(C(F)(F)F)nc2nc(N3CCNCC3)[nH]n12. The van der Waals surface area contributed by atoms with Gasteiger partial charge >= 0.3 is 6.18 Å². The van der Waals surface area contributed by atoms with Crippen LogP contribution in [-0.2, 0) is 6.18 Å². The third kappa shape index (κ3) is 3.45. The fourth-order valence-electron chi connectivity index (χ4n) is 2.03. The van der Waals surface area contributed by atoms with E-state index in [9.17, 15) is 18.0 Å². The van der Waals surface area contributed by atoms with E-state index in [2.05, 4.69) is 20.4 Å². The lowest BCUT2D eigenvalue weighted by Crippen LogP contribution is -2.44. The van der Waals surface area contributed by atoms with Crippen LogP contribution in [0.25, 0.3) is 5.78 Å². The molecule has 1 aliphatic heterocycles. The van der Waals surface area contributed by atoms with E-state index in [1.165, 1.54) is 0 Å². The lowest BCUT2D eigenvalue weighted by Gasteiger charge is -2.26. The summed E-state index contributed by atoms with van der Waals surface area (Å²) in [6.07, 6.45) is -4.66. The van der Waals surface area contributed by atoms with Gasteiger partial charge in [-0.05, 0) is 0 Å². The molecule has 0 atom stereocenters. The molecule has 0 aliphatic carbocycles. The van der Waals surface area contributed by atoms with Crippen LogP contribution in [0.4, 0.5) is 19.1 Å². The molecule has 2 N–H and O–H groups in total. The normalized spacial score (nSPS) is 15.3. The molecule has 0 radical (unpaired) electrons. The van der Waals surface area contributed by atoms with Crippen molar-refractivity contribution in [2.75, 3.05) is 31.1 Å². The topological polar surface area (TPSA) is 78.3 Å². The first kappa shape index (κ1) is 18.5. The van der Waals surface area contributed by atoms with Crippen molar-refractivity contribution < 1.29 is 13.2 Å². The summed E-state index contributed by atoms with van der Waals surface area (Å²) < 4.78 is 38.7. The molecular formula is C10H13Cl2F3N6O. The Morgan fingerprint density at radius 2 is 1.77 bits per heavy atom. The Kier molecular flexibility index (Phi) is 5.65. The van der Waals surface area contributed by atoms with Crippen molar-refractivity contribution in [3.63, 3.8) is 0 Å². The van der Waals surface area contributed by atoms with Gasteiger partial charge in [-0.25, -0.2) is 4.98 Å². The van der Waals surface area contributed by atoms with Crippen LogP contribution in [0.2, 0.25) is 0 Å². The van der Waals surface area contributed by atoms with Gasteiger partial charge in [0.2, 0.25) is 5.95 Å². The van der Waals surface area contributed by atoms with Crippen molar-refractivity contribution >= 4 is 36.5 Å². The molecule has 3 rings (SSSR count). The van der Waals surface area contributed by atoms with Gasteiger partial charge in [-0.3, -0.25) is 9.89 Å². The van der Waals surface area contributed by atoms with E-state index < -0.39 is 17.4 Å². The second-order valence-corrected chi connectivity index (χ2v) is 4.40. The average molecular weight is 361 g/mol. The standard InChI is InChI=1S/C10H11F3N6O.2ClH/c11-10(12,13)6-5-7(20)19-8(15-6)16-9(17-19)18-3-1-14-2-4-18;;/h5,14H,1-4H2,(H,15,16,17);2*1H. The second kappa shape index (κ2) is 6.71. The highest BCUT2D eigenvalue weighted by atomic mass is 35.5. The maximum atomic E-state index is 12.6. The van der Waals surface area contributed by atoms with E-state index in [1.54, 1.807) is 0 Å². The lowest BCUT2D eigenvalue weighted by atomic mass is 10.4. The molecule has 0 saturated carbocycles. The monoisotopic (exact) mass is 360 g/mol. The smallest absolute Gasteiger partial charge is 0.339 e. The summed E-state index contributed by atoms with van der Waals surface area (Å²) in [5.74, 6) is 0.0637. The Morgan fingerprint density at radius 3 is 2.36 bits per heavy atom. The van der Waals surface area contributed by atoms with E-state index >= 15 is 0 Å². The summed E-state index contributed by atoms with van der Waals surface area (Å²) in [5, 5.41) is 5.82. The third-order valence-corrected chi connectivity index (χ3v) is 3.03. The van der Waals surface area contributed by atoms with E-state index in [0.717, 1.165) is 17.6 Å². The zero-order valence-corrected chi connectivity index (χ0v) is 12.7. The van der Waals surface area contributed by atoms with E-state index in [1.807, 2.05) is 4.90 Å². The zero-order valence-electron chi connectivity index (χ0n) is 11.1. The zero-order chi connectivity index (χ0) is 14.3. The fraction of sp³-hybridized carbons (Fsp3) is 0.500. The van der Waals surface area contributed by atoms with Gasteiger partial charge in [0, 0.05) is 32.2 Å². The quantitative estimate of drug-likeness (QED) is 0.782. The van der Waals surface area contributed by atoms with Crippen LogP contribution in [0.15, 0.2) is 10.9 Å². The van der Waals surface area contributed by atoms with Crippen LogP contribution in [-0.4, -0.2) is 45.8 Å². The van der Waals surface area contributed by atoms with Crippen LogP contribution in [0.5, 0.6) is 0 Å². The summed E-state index contributed by atoms with van der Waals surface area (Å²) in [4.78, 5) is 20.9. The summed E-state index contributed by atoms with van der Waals surface area (Å²) in [5.41, 5.74) is -2.07. The number of piperazine rings is 1. The average Bonchev–Trinajstić information content (AvgIpc) is 2.83. The first-order chi connectivity index (χ1) is 9.45. The maximum Gasteiger partial charge on any atom is 0.433 e. The van der Waals surface area contributed by atoms with E-state index in [-0.39, 0.29) is 30.6 Å². The number of hydrogen-bond donors (Lipinski definition) is 2. The Balaban J connectivity index is 0.00000121. The van der Waals surface area contributed by atoms with Gasteiger partial charge in [-0.15, -0.1) is 24.8 Å². The molecular weight excluding hydrogens is 348 g/mol. The molecule has 22 heavy (non-hydrogen) atoms. The molecule has 0 spiro atoms. The van der Waals surface area contributed by atoms with Crippen LogP contribution < -0.4 is 15.8 Å². The molecule has 3 heterocycles. The second-order valence-electron chi connectivity index (χ2n) is 4.40. The largest absolute Gasteiger partial charge is 0.433 e. The number of nitrogens with zero attached hydrogens (tertiary/aromatic N) is 4. The number of aromatic amines is 1. The molecule has 0 bridgehead atoms. The minimum atomic E-state index is -4.66. The highest BCUT2D eigenvalue weighted by Crippen LogP contribution is 2.26. The molecule has 2 aromatic rings. The van der Waals surface area contributed by atoms with Crippen LogP contribution in [0.3, 0.4) is 0 Å². The number of alkyl halides is 3. The summed E-state index contributed by atoms with van der Waals surface area (Å²) in [6.45, 7) is 2.79. The van der Waals surface area contributed by atoms with Crippen LogP contribution in [0, 0.1) is 0 Å². The molecule has 0 amide bonds. The number of nitrogens with one attached hydrogen (secondary N) is 2. The number of H-pyrrole nitrogens is 1. The number of halogens is 5. The number of rotatable bonds is 1. The van der Waals surface area contributed by atoms with Crippen molar-refractivity contribution in [3.05, 3.63) is 22.1 Å². The highest BCUT2D eigenvalue weighted by molar-refractivity contribution is 5.85. The fourth-order valence-corrected chi connectivity index (χ4v) is 2.03. The van der Waals surface area contributed by atoms with Gasteiger partial charge in [-0.1, -0.05) is 0 Å². The highest BCUT2D eigenvalue weighted by Gasteiger charge is 2.34. The molecule has 1 fully saturated rings. The molecule has 12 heteroatoms. The van der Waals surface area contributed by atoms with Crippen molar-refractivity contribution in [2.24, 2.45) is 0 Å². The van der Waals surface area contributed by atoms with E-state index in [4.69, 9.17) is 0 Å². The van der Waals surface area contributed by atoms with Crippen molar-refractivity contribution in [1.82, 2.24) is 24.9 Å². The Bertz CT molecular complexity index is 694. The summed E-state index contributed by atoms with van der Waals surface area (Å²) >= 11 is 0. The molecule has 1 saturated heterocycles. The van der Waals surface area contributed by atoms with Gasteiger partial charge < -0.3 is 10.2 Å². The first-order valence-electron chi connectivity index (χ1n) is 5.98. The third-order valence-electron chi connectivity index (χ3n) is 3.03. The first-order valence-corrected chi connectivity index (χ1v) is 5.98. The van der Waals surface area contributed by atoms with Gasteiger partial charge in [0.1, 0.15) is 0 Å². The van der Waals surface area contributed by atoms with Crippen molar-refractivity contribution in [3.8, 4) is 0 Å². The predicted molar refractivity (Wildman–Crippen MR) is 78.2 cm³/mol. The number of hydrogen-bond acceptors (Lipinski definition) is 5. The Morgan fingerprint density at radius 1 is 1.14 bits per heavy atom. The number of fused-ring (bicyclic) bond motifs is 1. The summed E-state index contributed by atoms with van der Waals surface area (Å²) in [6, 6.07) is 0.451. The maximum absolute atomic E-state index is 12.6. The van der Waals surface area contributed by atoms with Gasteiger partial charge in [0.15, 0.2) is 5.69 Å². The van der Waals surface area contributed by atoms with Crippen LogP contribution >= 0.6 is 24.8 Å². The molecule has 2 aromatic heterocycles. The lowest BCUT2D eigenvalue weighted by molar-refractivity contribution is -0.141. The number of anilines is 1. The van der Waals surface area contributed by atoms with E-state index in [0.29, 0.717) is 25.1 Å². The predicted octanol–water partition coefficient (Wildman–Crippen LogP) is 0.690. The van der Waals surface area contributed by atoms with Gasteiger partial charge in [-0.2, -0.15) is 22.7 Å². The van der Waals surface area contributed by atoms with Crippen LogP contribution in [0.1, 0.15) is 5.69 Å². The minimum Gasteiger partial charge on any atom is -0.339 e. The van der Waals surface area contributed by atoms with Crippen molar-refractivity contribution in [2.45, 2.75) is 6.18 Å². The minimum absolute atomic E-state index is 0. The Labute approximate surface area is 134 Å². The Hall–Kier alpha value is -1.52. The molecule has 7 nitrogen and oxygen atoms in total. The van der Waals surface area contributed by atoms with Crippen molar-refractivity contribution in [1.29, 1.82) is 0 Å². The number of aromatic nitrogens is 4. The molecule has 1 aliphatic rings. The molecule has 124 valence electrons. The van der Waals surface area contributed by atoms with Gasteiger partial charge in [0.25, 0.3) is 11.3 Å². The molecule has 0 unspecified atom stereocenters. The summed E-state index contributed by atoms with van der Waals surface area (Å²) in [7, 11) is 0. The van der Waals surface area contributed by atoms with Gasteiger partial charge in [0.05, 0.1) is 0 Å².